The van der Waals surface area contributed by atoms with Gasteiger partial charge in [0.05, 0.1) is 36.9 Å². The second-order valence-corrected chi connectivity index (χ2v) is 7.84. The van der Waals surface area contributed by atoms with Gasteiger partial charge in [-0.05, 0) is 18.2 Å². The van der Waals surface area contributed by atoms with E-state index in [1.165, 1.54) is 11.8 Å². The fourth-order valence-corrected chi connectivity index (χ4v) is 4.39. The zero-order chi connectivity index (χ0) is 16.1. The van der Waals surface area contributed by atoms with Gasteiger partial charge in [-0.3, -0.25) is 9.79 Å². The van der Waals surface area contributed by atoms with E-state index < -0.39 is 0 Å². The maximum atomic E-state index is 12.2. The van der Waals surface area contributed by atoms with E-state index in [9.17, 15) is 4.79 Å². The van der Waals surface area contributed by atoms with Crippen LogP contribution >= 0.6 is 35.1 Å². The molecule has 2 aliphatic heterocycles. The predicted molar refractivity (Wildman–Crippen MR) is 100 cm³/mol. The fourth-order valence-electron chi connectivity index (χ4n) is 2.40. The van der Waals surface area contributed by atoms with E-state index in [-0.39, 0.29) is 5.91 Å². The number of nitrogens with one attached hydrogen (secondary N) is 1. The van der Waals surface area contributed by atoms with E-state index in [1.807, 2.05) is 12.1 Å². The molecule has 5 nitrogen and oxygen atoms in total. The van der Waals surface area contributed by atoms with E-state index in [0.29, 0.717) is 24.0 Å². The van der Waals surface area contributed by atoms with Crippen LogP contribution in [0.2, 0.25) is 5.02 Å². The minimum Gasteiger partial charge on any atom is -0.378 e. The zero-order valence-corrected chi connectivity index (χ0v) is 15.0. The Kier molecular flexibility index (Phi) is 6.10. The van der Waals surface area contributed by atoms with Gasteiger partial charge in [0.15, 0.2) is 0 Å². The van der Waals surface area contributed by atoms with E-state index in [2.05, 4.69) is 15.2 Å². The lowest BCUT2D eigenvalue weighted by Crippen LogP contribution is -2.36. The van der Waals surface area contributed by atoms with Crippen molar-refractivity contribution in [3.05, 3.63) is 23.2 Å². The lowest BCUT2D eigenvalue weighted by molar-refractivity contribution is -0.113. The van der Waals surface area contributed by atoms with Crippen LogP contribution in [0.1, 0.15) is 0 Å². The lowest BCUT2D eigenvalue weighted by atomic mass is 10.2. The van der Waals surface area contributed by atoms with Gasteiger partial charge in [-0.1, -0.05) is 35.1 Å². The van der Waals surface area contributed by atoms with Crippen LogP contribution in [0, 0.1) is 0 Å². The van der Waals surface area contributed by atoms with Crippen molar-refractivity contribution in [3.8, 4) is 0 Å². The summed E-state index contributed by atoms with van der Waals surface area (Å²) in [4.78, 5) is 18.8. The molecule has 1 aromatic carbocycles. The SMILES string of the molecule is O=C(CSC1=NCCS1)Nc1cc(Cl)ccc1N1CCOCC1. The summed E-state index contributed by atoms with van der Waals surface area (Å²) in [7, 11) is 0. The van der Waals surface area contributed by atoms with Crippen LogP contribution in [0.25, 0.3) is 0 Å². The maximum absolute atomic E-state index is 12.2. The maximum Gasteiger partial charge on any atom is 0.234 e. The molecule has 0 atom stereocenters. The standard InChI is InChI=1S/C15H18ClN3O2S2/c16-11-1-2-13(19-4-6-21-7-5-19)12(9-11)18-14(20)10-23-15-17-3-8-22-15/h1-2,9H,3-8,10H2,(H,18,20). The number of hydrogen-bond acceptors (Lipinski definition) is 6. The van der Waals surface area contributed by atoms with Gasteiger partial charge >= 0.3 is 0 Å². The summed E-state index contributed by atoms with van der Waals surface area (Å²) in [5.74, 6) is 1.34. The Labute approximate surface area is 149 Å². The molecule has 1 fully saturated rings. The summed E-state index contributed by atoms with van der Waals surface area (Å²) < 4.78 is 6.39. The highest BCUT2D eigenvalue weighted by molar-refractivity contribution is 8.39. The molecule has 0 radical (unpaired) electrons. The molecule has 0 saturated carbocycles. The van der Waals surface area contributed by atoms with Crippen molar-refractivity contribution in [2.75, 3.05) is 54.6 Å². The number of rotatable bonds is 4. The Balaban J connectivity index is 1.65. The third-order valence-electron chi connectivity index (χ3n) is 3.47. The Morgan fingerprint density at radius 1 is 1.43 bits per heavy atom. The van der Waals surface area contributed by atoms with Crippen molar-refractivity contribution in [1.29, 1.82) is 0 Å². The minimum absolute atomic E-state index is 0.0398. The van der Waals surface area contributed by atoms with Crippen LogP contribution in [0.15, 0.2) is 23.2 Å². The molecule has 0 aliphatic carbocycles. The normalized spacial score (nSPS) is 18.0. The van der Waals surface area contributed by atoms with Gasteiger partial charge in [0.1, 0.15) is 4.38 Å². The first kappa shape index (κ1) is 17.0. The Morgan fingerprint density at radius 2 is 2.26 bits per heavy atom. The van der Waals surface area contributed by atoms with Gasteiger partial charge in [-0.15, -0.1) is 0 Å². The van der Waals surface area contributed by atoms with Crippen LogP contribution in [0.3, 0.4) is 0 Å². The largest absolute Gasteiger partial charge is 0.378 e. The van der Waals surface area contributed by atoms with Gasteiger partial charge in [-0.25, -0.2) is 0 Å². The molecule has 1 aromatic rings. The highest BCUT2D eigenvalue weighted by atomic mass is 35.5. The fraction of sp³-hybridized carbons (Fsp3) is 0.467. The summed E-state index contributed by atoms with van der Waals surface area (Å²) in [6, 6.07) is 5.60. The lowest BCUT2D eigenvalue weighted by Gasteiger charge is -2.30. The molecule has 1 saturated heterocycles. The molecule has 0 bridgehead atoms. The van der Waals surface area contributed by atoms with Gasteiger partial charge in [-0.2, -0.15) is 0 Å². The van der Waals surface area contributed by atoms with E-state index in [1.54, 1.807) is 17.8 Å². The number of aliphatic imine (C=N–C) groups is 1. The third-order valence-corrected chi connectivity index (χ3v) is 5.96. The zero-order valence-electron chi connectivity index (χ0n) is 12.6. The number of ether oxygens (including phenoxy) is 1. The van der Waals surface area contributed by atoms with Gasteiger partial charge < -0.3 is 15.0 Å². The van der Waals surface area contributed by atoms with Crippen molar-refractivity contribution in [1.82, 2.24) is 0 Å². The number of benzene rings is 1. The minimum atomic E-state index is -0.0398. The van der Waals surface area contributed by atoms with Crippen LogP contribution in [-0.2, 0) is 9.53 Å². The monoisotopic (exact) mass is 371 g/mol. The summed E-state index contributed by atoms with van der Waals surface area (Å²) in [6.07, 6.45) is 0. The van der Waals surface area contributed by atoms with Gasteiger partial charge in [0.25, 0.3) is 0 Å². The number of thioether (sulfide) groups is 2. The van der Waals surface area contributed by atoms with E-state index in [0.717, 1.165) is 41.1 Å². The quantitative estimate of drug-likeness (QED) is 0.881. The van der Waals surface area contributed by atoms with Crippen LogP contribution in [-0.4, -0.2) is 54.6 Å². The molecule has 124 valence electrons. The number of morpholine rings is 1. The Bertz CT molecular complexity index is 606. The molecular weight excluding hydrogens is 354 g/mol. The third kappa shape index (κ3) is 4.79. The molecule has 2 aliphatic rings. The predicted octanol–water partition coefficient (Wildman–Crippen LogP) is 2.95. The molecular formula is C15H18ClN3O2S2. The van der Waals surface area contributed by atoms with Gasteiger partial charge in [0.2, 0.25) is 5.91 Å². The number of nitrogens with zero attached hydrogens (tertiary/aromatic N) is 2. The summed E-state index contributed by atoms with van der Waals surface area (Å²) >= 11 is 9.30. The average molecular weight is 372 g/mol. The molecule has 3 rings (SSSR count). The first-order chi connectivity index (χ1) is 11.2. The Hall–Kier alpha value is -0.890. The second-order valence-electron chi connectivity index (χ2n) is 5.09. The highest BCUT2D eigenvalue weighted by Crippen LogP contribution is 2.30. The average Bonchev–Trinajstić information content (AvgIpc) is 3.07. The van der Waals surface area contributed by atoms with Crippen LogP contribution < -0.4 is 10.2 Å². The second kappa shape index (κ2) is 8.28. The van der Waals surface area contributed by atoms with Crippen LogP contribution in [0.5, 0.6) is 0 Å². The number of hydrogen-bond donors (Lipinski definition) is 1. The van der Waals surface area contributed by atoms with Gasteiger partial charge in [0, 0.05) is 23.9 Å². The number of anilines is 2. The number of carbonyl (C=O) groups excluding carboxylic acids is 1. The molecule has 23 heavy (non-hydrogen) atoms. The summed E-state index contributed by atoms with van der Waals surface area (Å²) in [5, 5.41) is 3.59. The molecule has 1 N–H and O–H groups in total. The molecule has 1 amide bonds. The molecule has 0 aromatic heterocycles. The number of carbonyl (C=O) groups is 1. The topological polar surface area (TPSA) is 53.9 Å². The number of amides is 1. The first-order valence-corrected chi connectivity index (χ1v) is 9.79. The molecule has 8 heteroatoms. The van der Waals surface area contributed by atoms with Crippen LogP contribution in [0.4, 0.5) is 11.4 Å². The molecule has 2 heterocycles. The smallest absolute Gasteiger partial charge is 0.234 e. The van der Waals surface area contributed by atoms with E-state index in [4.69, 9.17) is 16.3 Å². The molecule has 0 unspecified atom stereocenters. The van der Waals surface area contributed by atoms with Crippen molar-refractivity contribution >= 4 is 56.8 Å². The highest BCUT2D eigenvalue weighted by Gasteiger charge is 2.17. The first-order valence-electron chi connectivity index (χ1n) is 7.44. The summed E-state index contributed by atoms with van der Waals surface area (Å²) in [6.45, 7) is 3.87. The Morgan fingerprint density at radius 3 is 3.00 bits per heavy atom. The van der Waals surface area contributed by atoms with Crippen molar-refractivity contribution < 1.29 is 9.53 Å². The molecule has 0 spiro atoms. The number of halogens is 1. The summed E-state index contributed by atoms with van der Waals surface area (Å²) in [5.41, 5.74) is 1.75. The van der Waals surface area contributed by atoms with Crippen molar-refractivity contribution in [2.45, 2.75) is 0 Å². The van der Waals surface area contributed by atoms with Crippen molar-refractivity contribution in [3.63, 3.8) is 0 Å². The van der Waals surface area contributed by atoms with Crippen molar-refractivity contribution in [2.24, 2.45) is 4.99 Å². The van der Waals surface area contributed by atoms with E-state index >= 15 is 0 Å².